The standard InChI is InChI=1S/C14H20N2O2S/c1-4-14(5-2,12(15)19)13(18)16(3)10-6-8-11(17)9-7-10/h6-9,17H,4-5H2,1-3H3,(H2,15,19). The fraction of sp³-hybridized carbons (Fsp3) is 0.429. The van der Waals surface area contributed by atoms with E-state index in [4.69, 9.17) is 18.0 Å². The minimum atomic E-state index is -0.804. The van der Waals surface area contributed by atoms with Gasteiger partial charge < -0.3 is 15.7 Å². The molecule has 104 valence electrons. The molecule has 0 aliphatic carbocycles. The Morgan fingerprint density at radius 3 is 2.16 bits per heavy atom. The van der Waals surface area contributed by atoms with Crippen LogP contribution in [0.1, 0.15) is 26.7 Å². The van der Waals surface area contributed by atoms with Gasteiger partial charge in [-0.2, -0.15) is 0 Å². The molecule has 0 aliphatic rings. The minimum absolute atomic E-state index is 0.115. The van der Waals surface area contributed by atoms with E-state index in [1.807, 2.05) is 13.8 Å². The molecule has 5 heteroatoms. The third-order valence-corrected chi connectivity index (χ3v) is 4.02. The summed E-state index contributed by atoms with van der Waals surface area (Å²) in [5.74, 6) is 0.0480. The largest absolute Gasteiger partial charge is 0.508 e. The van der Waals surface area contributed by atoms with Gasteiger partial charge in [0.2, 0.25) is 5.91 Å². The summed E-state index contributed by atoms with van der Waals surface area (Å²) in [5, 5.41) is 9.27. The number of hydrogen-bond acceptors (Lipinski definition) is 3. The molecule has 19 heavy (non-hydrogen) atoms. The summed E-state index contributed by atoms with van der Waals surface area (Å²) in [7, 11) is 1.69. The zero-order valence-electron chi connectivity index (χ0n) is 11.5. The lowest BCUT2D eigenvalue weighted by Gasteiger charge is -2.33. The van der Waals surface area contributed by atoms with Crippen molar-refractivity contribution in [1.29, 1.82) is 0 Å². The van der Waals surface area contributed by atoms with Gasteiger partial charge in [0, 0.05) is 12.7 Å². The normalized spacial score (nSPS) is 11.1. The quantitative estimate of drug-likeness (QED) is 0.813. The molecule has 0 aliphatic heterocycles. The fourth-order valence-corrected chi connectivity index (χ4v) is 2.50. The first-order valence-corrected chi connectivity index (χ1v) is 6.67. The number of carbonyl (C=O) groups is 1. The van der Waals surface area contributed by atoms with Gasteiger partial charge in [-0.25, -0.2) is 0 Å². The van der Waals surface area contributed by atoms with Crippen LogP contribution in [0.15, 0.2) is 24.3 Å². The van der Waals surface area contributed by atoms with Crippen molar-refractivity contribution in [2.45, 2.75) is 26.7 Å². The molecule has 1 aromatic rings. The highest BCUT2D eigenvalue weighted by Crippen LogP contribution is 2.31. The maximum absolute atomic E-state index is 12.7. The molecule has 3 N–H and O–H groups in total. The summed E-state index contributed by atoms with van der Waals surface area (Å²) >= 11 is 5.08. The van der Waals surface area contributed by atoms with Gasteiger partial charge in [-0.1, -0.05) is 26.1 Å². The van der Waals surface area contributed by atoms with Crippen molar-refractivity contribution in [2.24, 2.45) is 11.1 Å². The average Bonchev–Trinajstić information content (AvgIpc) is 2.40. The Kier molecular flexibility index (Phi) is 4.89. The average molecular weight is 280 g/mol. The molecule has 0 spiro atoms. The Bertz CT molecular complexity index is 467. The van der Waals surface area contributed by atoms with E-state index >= 15 is 0 Å². The number of anilines is 1. The zero-order chi connectivity index (χ0) is 14.6. The monoisotopic (exact) mass is 280 g/mol. The zero-order valence-corrected chi connectivity index (χ0v) is 12.3. The Balaban J connectivity index is 3.10. The van der Waals surface area contributed by atoms with Gasteiger partial charge in [0.15, 0.2) is 0 Å². The number of amides is 1. The first-order chi connectivity index (χ1) is 8.89. The van der Waals surface area contributed by atoms with Crippen molar-refractivity contribution in [1.82, 2.24) is 0 Å². The van der Waals surface area contributed by atoms with Crippen LogP contribution in [0.4, 0.5) is 5.69 Å². The Hall–Kier alpha value is -1.62. The number of thiocarbonyl (C=S) groups is 1. The summed E-state index contributed by atoms with van der Waals surface area (Å²) in [6, 6.07) is 6.45. The van der Waals surface area contributed by atoms with E-state index < -0.39 is 5.41 Å². The van der Waals surface area contributed by atoms with Gasteiger partial charge in [0.25, 0.3) is 0 Å². The van der Waals surface area contributed by atoms with Crippen LogP contribution >= 0.6 is 12.2 Å². The molecule has 0 heterocycles. The van der Waals surface area contributed by atoms with Gasteiger partial charge in [0.1, 0.15) is 5.75 Å². The Morgan fingerprint density at radius 1 is 1.32 bits per heavy atom. The molecule has 1 aromatic carbocycles. The van der Waals surface area contributed by atoms with Crippen molar-refractivity contribution >= 4 is 28.8 Å². The number of phenolic OH excluding ortho intramolecular Hbond substituents is 1. The number of rotatable bonds is 5. The highest BCUT2D eigenvalue weighted by Gasteiger charge is 2.40. The Morgan fingerprint density at radius 2 is 1.79 bits per heavy atom. The summed E-state index contributed by atoms with van der Waals surface area (Å²) in [5.41, 5.74) is 5.67. The number of phenols is 1. The van der Waals surface area contributed by atoms with Crippen LogP contribution in [-0.4, -0.2) is 23.0 Å². The van der Waals surface area contributed by atoms with E-state index in [9.17, 15) is 9.90 Å². The van der Waals surface area contributed by atoms with Crippen LogP contribution < -0.4 is 10.6 Å². The summed E-state index contributed by atoms with van der Waals surface area (Å²) in [6.45, 7) is 3.82. The van der Waals surface area contributed by atoms with Crippen LogP contribution in [0.3, 0.4) is 0 Å². The minimum Gasteiger partial charge on any atom is -0.508 e. The van der Waals surface area contributed by atoms with Crippen LogP contribution in [0, 0.1) is 5.41 Å². The van der Waals surface area contributed by atoms with E-state index in [-0.39, 0.29) is 16.6 Å². The second kappa shape index (κ2) is 6.02. The summed E-state index contributed by atoms with van der Waals surface area (Å²) in [6.07, 6.45) is 1.14. The third-order valence-electron chi connectivity index (χ3n) is 3.63. The molecular formula is C14H20N2O2S. The van der Waals surface area contributed by atoms with E-state index in [2.05, 4.69) is 0 Å². The van der Waals surface area contributed by atoms with Crippen LogP contribution in [-0.2, 0) is 4.79 Å². The molecule has 0 fully saturated rings. The van der Waals surface area contributed by atoms with Gasteiger partial charge in [-0.05, 0) is 37.1 Å². The van der Waals surface area contributed by atoms with Crippen molar-refractivity contribution < 1.29 is 9.90 Å². The van der Waals surface area contributed by atoms with E-state index in [1.165, 1.54) is 4.90 Å². The van der Waals surface area contributed by atoms with Crippen LogP contribution in [0.5, 0.6) is 5.75 Å². The van der Waals surface area contributed by atoms with Crippen molar-refractivity contribution in [3.63, 3.8) is 0 Å². The first-order valence-electron chi connectivity index (χ1n) is 6.26. The topological polar surface area (TPSA) is 66.6 Å². The lowest BCUT2D eigenvalue weighted by Crippen LogP contribution is -2.49. The van der Waals surface area contributed by atoms with E-state index in [0.29, 0.717) is 18.5 Å². The van der Waals surface area contributed by atoms with Crippen molar-refractivity contribution in [3.8, 4) is 5.75 Å². The number of nitrogens with two attached hydrogens (primary N) is 1. The lowest BCUT2D eigenvalue weighted by molar-refractivity contribution is -0.124. The molecule has 0 radical (unpaired) electrons. The van der Waals surface area contributed by atoms with Crippen LogP contribution in [0.2, 0.25) is 0 Å². The first kappa shape index (κ1) is 15.4. The molecule has 0 aromatic heterocycles. The highest BCUT2D eigenvalue weighted by atomic mass is 32.1. The SMILES string of the molecule is CCC(CC)(C(=O)N(C)c1ccc(O)cc1)C(N)=S. The maximum atomic E-state index is 12.7. The molecule has 4 nitrogen and oxygen atoms in total. The van der Waals surface area contributed by atoms with Crippen LogP contribution in [0.25, 0.3) is 0 Å². The van der Waals surface area contributed by atoms with Gasteiger partial charge >= 0.3 is 0 Å². The number of hydrogen-bond donors (Lipinski definition) is 2. The number of benzene rings is 1. The van der Waals surface area contributed by atoms with E-state index in [1.54, 1.807) is 31.3 Å². The summed E-state index contributed by atoms with van der Waals surface area (Å²) < 4.78 is 0. The van der Waals surface area contributed by atoms with Gasteiger partial charge in [-0.15, -0.1) is 0 Å². The molecule has 0 bridgehead atoms. The third kappa shape index (κ3) is 2.87. The molecule has 0 unspecified atom stereocenters. The van der Waals surface area contributed by atoms with E-state index in [0.717, 1.165) is 0 Å². The molecule has 0 atom stereocenters. The maximum Gasteiger partial charge on any atom is 0.239 e. The van der Waals surface area contributed by atoms with Crippen molar-refractivity contribution in [3.05, 3.63) is 24.3 Å². The second-order valence-corrected chi connectivity index (χ2v) is 4.97. The molecule has 1 amide bonds. The molecular weight excluding hydrogens is 260 g/mol. The second-order valence-electron chi connectivity index (χ2n) is 4.53. The molecule has 0 saturated heterocycles. The number of carbonyl (C=O) groups excluding carboxylic acids is 1. The fourth-order valence-electron chi connectivity index (χ4n) is 2.12. The predicted octanol–water partition coefficient (Wildman–Crippen LogP) is 2.45. The Labute approximate surface area is 119 Å². The van der Waals surface area contributed by atoms with Gasteiger partial charge in [0.05, 0.1) is 10.4 Å². The lowest BCUT2D eigenvalue weighted by atomic mass is 9.80. The summed E-state index contributed by atoms with van der Waals surface area (Å²) in [4.78, 5) is 14.4. The smallest absolute Gasteiger partial charge is 0.239 e. The number of aromatic hydroxyl groups is 1. The highest BCUT2D eigenvalue weighted by molar-refractivity contribution is 7.80. The van der Waals surface area contributed by atoms with Crippen molar-refractivity contribution in [2.75, 3.05) is 11.9 Å². The predicted molar refractivity (Wildman–Crippen MR) is 81.3 cm³/mol. The molecule has 1 rings (SSSR count). The molecule has 0 saturated carbocycles. The number of nitrogens with zero attached hydrogens (tertiary/aromatic N) is 1. The van der Waals surface area contributed by atoms with Gasteiger partial charge in [-0.3, -0.25) is 4.79 Å².